The summed E-state index contributed by atoms with van der Waals surface area (Å²) in [6.07, 6.45) is 6.75. The molecule has 2 aliphatic rings. The highest BCUT2D eigenvalue weighted by Gasteiger charge is 2.50. The fourth-order valence-corrected chi connectivity index (χ4v) is 12.1. The van der Waals surface area contributed by atoms with Gasteiger partial charge in [0.1, 0.15) is 22.4 Å². The predicted octanol–water partition coefficient (Wildman–Crippen LogP) is 15.8. The maximum atomic E-state index is 7.37. The van der Waals surface area contributed by atoms with Gasteiger partial charge in [0.2, 0.25) is 0 Å². The van der Waals surface area contributed by atoms with Gasteiger partial charge in [-0.05, 0) is 115 Å². The summed E-state index contributed by atoms with van der Waals surface area (Å²) in [5.41, 5.74) is 18.2. The maximum Gasteiger partial charge on any atom is 0.376 e. The van der Waals surface area contributed by atoms with Crippen LogP contribution in [-0.2, 0) is 12.8 Å². The van der Waals surface area contributed by atoms with Crippen LogP contribution >= 0.6 is 11.3 Å². The number of hydrogen-bond acceptors (Lipinski definition) is 5. The zero-order chi connectivity index (χ0) is 42.5. The topological polar surface area (TPSA) is 32.8 Å². The predicted molar refractivity (Wildman–Crippen MR) is 273 cm³/mol. The van der Waals surface area contributed by atoms with Crippen LogP contribution in [-0.4, -0.2) is 6.85 Å². The molecule has 0 radical (unpaired) electrons. The molecule has 8 aromatic carbocycles. The Morgan fingerprint density at radius 2 is 1.20 bits per heavy atom. The number of anilines is 5. The minimum absolute atomic E-state index is 0.271. The second kappa shape index (κ2) is 14.8. The molecule has 0 saturated carbocycles. The number of aryl methyl sites for hydroxylation is 2. The van der Waals surface area contributed by atoms with Gasteiger partial charge in [0.15, 0.2) is 0 Å². The largest absolute Gasteiger partial charge is 0.466 e. The molecule has 0 atom stereocenters. The Morgan fingerprint density at radius 3 is 2.00 bits per heavy atom. The van der Waals surface area contributed by atoms with Crippen LogP contribution < -0.4 is 20.8 Å². The van der Waals surface area contributed by atoms with Gasteiger partial charge in [-0.25, -0.2) is 0 Å². The fourth-order valence-electron chi connectivity index (χ4n) is 10.8. The summed E-state index contributed by atoms with van der Waals surface area (Å²) in [5.74, 6) is 0. The summed E-state index contributed by atoms with van der Waals surface area (Å²) >= 11 is 1.90. The molecule has 5 heterocycles. The molecule has 0 bridgehead atoms. The van der Waals surface area contributed by atoms with Gasteiger partial charge in [0, 0.05) is 70.1 Å². The van der Waals surface area contributed by atoms with E-state index in [1.807, 2.05) is 11.3 Å². The average Bonchev–Trinajstić information content (AvgIpc) is 4.05. The quantitative estimate of drug-likeness (QED) is 0.136. The summed E-state index contributed by atoms with van der Waals surface area (Å²) in [5, 5.41) is 5.91. The molecule has 6 heteroatoms. The number of thiophene rings is 1. The zero-order valence-corrected chi connectivity index (χ0v) is 36.8. The van der Waals surface area contributed by atoms with E-state index in [0.717, 1.165) is 87.0 Å². The lowest BCUT2D eigenvalue weighted by Crippen LogP contribution is -2.61. The minimum atomic E-state index is -0.271. The van der Waals surface area contributed by atoms with Crippen LogP contribution in [0.3, 0.4) is 0 Å². The number of nitrogens with zero attached hydrogens (tertiary/aromatic N) is 2. The van der Waals surface area contributed by atoms with Crippen molar-refractivity contribution < 1.29 is 8.83 Å². The van der Waals surface area contributed by atoms with Crippen LogP contribution in [0.4, 0.5) is 28.4 Å². The highest BCUT2D eigenvalue weighted by molar-refractivity contribution is 7.26. The van der Waals surface area contributed by atoms with Gasteiger partial charge < -0.3 is 18.5 Å². The van der Waals surface area contributed by atoms with E-state index in [0.29, 0.717) is 0 Å². The van der Waals surface area contributed by atoms with Crippen LogP contribution in [0.15, 0.2) is 173 Å². The molecular weight excluding hydrogens is 800 g/mol. The van der Waals surface area contributed by atoms with E-state index in [2.05, 4.69) is 187 Å². The van der Waals surface area contributed by atoms with Crippen molar-refractivity contribution >= 4 is 111 Å². The van der Waals surface area contributed by atoms with E-state index in [-0.39, 0.29) is 6.85 Å². The Balaban J connectivity index is 1.21. The Hall–Kier alpha value is -7.02. The van der Waals surface area contributed by atoms with Gasteiger partial charge in [-0.2, -0.15) is 0 Å². The van der Waals surface area contributed by atoms with Crippen molar-refractivity contribution in [2.24, 2.45) is 0 Å². The van der Waals surface area contributed by atoms with Crippen LogP contribution in [0.5, 0.6) is 0 Å². The smallest absolute Gasteiger partial charge is 0.376 e. The Kier molecular flexibility index (Phi) is 8.67. The summed E-state index contributed by atoms with van der Waals surface area (Å²) in [4.78, 5) is 5.15. The highest BCUT2D eigenvalue weighted by atomic mass is 32.1. The highest BCUT2D eigenvalue weighted by Crippen LogP contribution is 2.56. The van der Waals surface area contributed by atoms with Crippen LogP contribution in [0.1, 0.15) is 50.7 Å². The van der Waals surface area contributed by atoms with Gasteiger partial charge in [0.05, 0.1) is 11.4 Å². The second-order valence-corrected chi connectivity index (χ2v) is 18.7. The Bertz CT molecular complexity index is 3620. The summed E-state index contributed by atoms with van der Waals surface area (Å²) in [6.45, 7) is 4.27. The Labute approximate surface area is 377 Å². The third-order valence-electron chi connectivity index (χ3n) is 13.8. The number of fused-ring (bicyclic) bond motifs is 14. The van der Waals surface area contributed by atoms with E-state index in [1.54, 1.807) is 0 Å². The van der Waals surface area contributed by atoms with Crippen molar-refractivity contribution in [2.75, 3.05) is 9.71 Å². The number of furan rings is 2. The number of unbranched alkanes of at least 4 members (excludes halogenated alkanes) is 2. The van der Waals surface area contributed by atoms with Crippen molar-refractivity contribution in [3.8, 4) is 22.3 Å². The molecular formula is C58H45BN2O2S. The van der Waals surface area contributed by atoms with Gasteiger partial charge >= 0.3 is 6.85 Å². The van der Waals surface area contributed by atoms with Crippen molar-refractivity contribution in [1.82, 2.24) is 0 Å². The molecule has 0 amide bonds. The van der Waals surface area contributed by atoms with Gasteiger partial charge in [-0.1, -0.05) is 124 Å². The monoisotopic (exact) mass is 844 g/mol. The SMILES string of the molecule is CCCCc1ccc(N2B3c4oc5ccccc5c4N(c4ccc(CCCC)cc4-c4ccccc4)c4cc5c(sc6ccccc65)c(c43)-c3c2ccc2oc4ccccc4c32)cc1. The molecule has 0 spiro atoms. The number of benzene rings is 8. The van der Waals surface area contributed by atoms with E-state index >= 15 is 0 Å². The first-order chi connectivity index (χ1) is 31.7. The van der Waals surface area contributed by atoms with E-state index in [1.165, 1.54) is 77.5 Å². The van der Waals surface area contributed by atoms with Crippen molar-refractivity contribution in [3.63, 3.8) is 0 Å². The molecule has 0 aliphatic carbocycles. The van der Waals surface area contributed by atoms with Gasteiger partial charge in [-0.3, -0.25) is 0 Å². The molecule has 0 unspecified atom stereocenters. The molecule has 3 aromatic heterocycles. The third-order valence-corrected chi connectivity index (χ3v) is 15.0. The van der Waals surface area contributed by atoms with Crippen LogP contribution in [0.25, 0.3) is 75.3 Å². The van der Waals surface area contributed by atoms with Crippen LogP contribution in [0, 0.1) is 0 Å². The van der Waals surface area contributed by atoms with E-state index < -0.39 is 0 Å². The standard InChI is InChI=1S/C58H45BN2O2S/c1-3-5-16-36-26-29-39(30-27-36)61-46-32-33-50-52(41-21-10-13-23-48(41)62-50)53(46)54-55-47(35-44-40-20-12-15-25-51(40)64-57(44)54)60(56-42-22-11-14-24-49(42)63-58(56)59(55)61)45-31-28-37(17-6-4-2)34-43(45)38-18-8-7-9-19-38/h7-15,18-35H,3-6,16-17H2,1-2H3. The lowest BCUT2D eigenvalue weighted by molar-refractivity contribution is 0.650. The van der Waals surface area contributed by atoms with Crippen molar-refractivity contribution in [3.05, 3.63) is 175 Å². The summed E-state index contributed by atoms with van der Waals surface area (Å²) in [6, 6.07) is 60.7. The van der Waals surface area contributed by atoms with Gasteiger partial charge in [-0.15, -0.1) is 11.3 Å². The molecule has 0 N–H and O–H groups in total. The molecule has 0 fully saturated rings. The summed E-state index contributed by atoms with van der Waals surface area (Å²) < 4.78 is 16.7. The molecule has 4 nitrogen and oxygen atoms in total. The lowest BCUT2D eigenvalue weighted by atomic mass is 9.45. The molecule has 13 rings (SSSR count). The normalized spacial score (nSPS) is 13.1. The first kappa shape index (κ1) is 37.5. The average molecular weight is 845 g/mol. The second-order valence-electron chi connectivity index (χ2n) is 17.6. The maximum absolute atomic E-state index is 7.37. The van der Waals surface area contributed by atoms with Gasteiger partial charge in [0.25, 0.3) is 0 Å². The molecule has 308 valence electrons. The number of para-hydroxylation sites is 2. The zero-order valence-electron chi connectivity index (χ0n) is 36.0. The number of hydrogen-bond donors (Lipinski definition) is 0. The Morgan fingerprint density at radius 1 is 0.531 bits per heavy atom. The number of rotatable bonds is 9. The lowest BCUT2D eigenvalue weighted by Gasteiger charge is -2.44. The molecule has 11 aromatic rings. The van der Waals surface area contributed by atoms with E-state index in [4.69, 9.17) is 8.83 Å². The van der Waals surface area contributed by atoms with E-state index in [9.17, 15) is 0 Å². The molecule has 64 heavy (non-hydrogen) atoms. The van der Waals surface area contributed by atoms with Crippen LogP contribution in [0.2, 0.25) is 0 Å². The van der Waals surface area contributed by atoms with Crippen molar-refractivity contribution in [1.29, 1.82) is 0 Å². The first-order valence-corrected chi connectivity index (χ1v) is 23.8. The summed E-state index contributed by atoms with van der Waals surface area (Å²) in [7, 11) is 0. The first-order valence-electron chi connectivity index (χ1n) is 23.0. The third kappa shape index (κ3) is 5.55. The van der Waals surface area contributed by atoms with Crippen molar-refractivity contribution in [2.45, 2.75) is 52.4 Å². The molecule has 2 aliphatic heterocycles. The minimum Gasteiger partial charge on any atom is -0.466 e. The molecule has 0 saturated heterocycles. The fraction of sp³-hybridized carbons (Fsp3) is 0.138.